The number of amides is 2. The largest absolute Gasteiger partial charge is 0.493 e. The van der Waals surface area contributed by atoms with E-state index >= 15 is 0 Å². The highest BCUT2D eigenvalue weighted by Crippen LogP contribution is 2.29. The summed E-state index contributed by atoms with van der Waals surface area (Å²) in [6, 6.07) is 12.3. The van der Waals surface area contributed by atoms with E-state index in [9.17, 15) is 9.59 Å². The molecule has 0 unspecified atom stereocenters. The summed E-state index contributed by atoms with van der Waals surface area (Å²) in [5.41, 5.74) is 1.08. The molecule has 0 bridgehead atoms. The first kappa shape index (κ1) is 22.9. The third-order valence-electron chi connectivity index (χ3n) is 5.84. The zero-order valence-electron chi connectivity index (χ0n) is 18.9. The number of methoxy groups -OCH3 is 1. The number of hydrogen-bond donors (Lipinski definition) is 1. The van der Waals surface area contributed by atoms with Crippen LogP contribution in [0.5, 0.6) is 17.2 Å². The molecule has 176 valence electrons. The van der Waals surface area contributed by atoms with Gasteiger partial charge in [-0.05, 0) is 56.0 Å². The van der Waals surface area contributed by atoms with Crippen molar-refractivity contribution in [2.75, 3.05) is 45.3 Å². The quantitative estimate of drug-likeness (QED) is 0.657. The predicted molar refractivity (Wildman–Crippen MR) is 123 cm³/mol. The lowest BCUT2D eigenvalue weighted by Gasteiger charge is -2.26. The monoisotopic (exact) mass is 454 g/mol. The fraction of sp³-hybridized carbons (Fsp3) is 0.440. The molecule has 0 spiro atoms. The number of morpholine rings is 1. The molecule has 1 aliphatic carbocycles. The summed E-state index contributed by atoms with van der Waals surface area (Å²) in [4.78, 5) is 26.8. The van der Waals surface area contributed by atoms with Gasteiger partial charge < -0.3 is 29.2 Å². The van der Waals surface area contributed by atoms with E-state index in [4.69, 9.17) is 18.9 Å². The van der Waals surface area contributed by atoms with Gasteiger partial charge in [-0.3, -0.25) is 9.59 Å². The van der Waals surface area contributed by atoms with Crippen LogP contribution >= 0.6 is 0 Å². The topological polar surface area (TPSA) is 86.3 Å². The minimum atomic E-state index is -0.276. The Hall–Kier alpha value is -3.26. The molecule has 1 aliphatic heterocycles. The third kappa shape index (κ3) is 6.16. The lowest BCUT2D eigenvalue weighted by molar-refractivity contribution is -0.137. The molecule has 2 fully saturated rings. The number of anilines is 1. The van der Waals surface area contributed by atoms with Crippen molar-refractivity contribution >= 4 is 17.5 Å². The van der Waals surface area contributed by atoms with Crippen molar-refractivity contribution < 1.29 is 28.5 Å². The van der Waals surface area contributed by atoms with Gasteiger partial charge in [0.05, 0.1) is 26.4 Å². The number of ether oxygens (including phenoxy) is 4. The third-order valence-corrected chi connectivity index (χ3v) is 5.84. The summed E-state index contributed by atoms with van der Waals surface area (Å²) < 4.78 is 22.3. The molecule has 1 saturated heterocycles. The van der Waals surface area contributed by atoms with Gasteiger partial charge in [0.15, 0.2) is 18.1 Å². The highest BCUT2D eigenvalue weighted by atomic mass is 16.5. The first-order chi connectivity index (χ1) is 16.1. The molecule has 0 atom stereocenters. The van der Waals surface area contributed by atoms with E-state index in [0.717, 1.165) is 18.6 Å². The van der Waals surface area contributed by atoms with Crippen LogP contribution in [0.1, 0.15) is 36.0 Å². The van der Waals surface area contributed by atoms with E-state index in [-0.39, 0.29) is 24.5 Å². The number of nitrogens with one attached hydrogen (secondary N) is 1. The highest BCUT2D eigenvalue weighted by Gasteiger charge is 2.19. The van der Waals surface area contributed by atoms with Gasteiger partial charge in [-0.15, -0.1) is 0 Å². The minimum Gasteiger partial charge on any atom is -0.493 e. The summed E-state index contributed by atoms with van der Waals surface area (Å²) in [7, 11) is 1.50. The first-order valence-corrected chi connectivity index (χ1v) is 11.4. The average molecular weight is 455 g/mol. The summed E-state index contributed by atoms with van der Waals surface area (Å²) in [5, 5.41) is 2.90. The van der Waals surface area contributed by atoms with E-state index in [1.807, 2.05) is 24.3 Å². The van der Waals surface area contributed by atoms with Crippen LogP contribution in [0.15, 0.2) is 42.5 Å². The molecule has 1 saturated carbocycles. The molecule has 1 heterocycles. The molecule has 2 amide bonds. The molecule has 2 aromatic carbocycles. The molecular weight excluding hydrogens is 424 g/mol. The normalized spacial score (nSPS) is 16.3. The van der Waals surface area contributed by atoms with Gasteiger partial charge in [-0.2, -0.15) is 0 Å². The maximum Gasteiger partial charge on any atom is 0.260 e. The Morgan fingerprint density at radius 2 is 1.85 bits per heavy atom. The molecule has 1 N–H and O–H groups in total. The fourth-order valence-corrected chi connectivity index (χ4v) is 4.02. The van der Waals surface area contributed by atoms with Crippen LogP contribution in [-0.4, -0.2) is 62.8 Å². The fourth-order valence-electron chi connectivity index (χ4n) is 4.02. The zero-order valence-corrected chi connectivity index (χ0v) is 18.9. The van der Waals surface area contributed by atoms with Crippen LogP contribution in [0, 0.1) is 0 Å². The molecule has 4 rings (SSSR count). The summed E-state index contributed by atoms with van der Waals surface area (Å²) >= 11 is 0. The van der Waals surface area contributed by atoms with Gasteiger partial charge in [0, 0.05) is 30.4 Å². The maximum absolute atomic E-state index is 12.8. The van der Waals surface area contributed by atoms with Crippen molar-refractivity contribution in [1.82, 2.24) is 4.90 Å². The maximum atomic E-state index is 12.8. The van der Waals surface area contributed by atoms with Gasteiger partial charge in [0.2, 0.25) is 0 Å². The van der Waals surface area contributed by atoms with Crippen molar-refractivity contribution in [3.8, 4) is 17.2 Å². The molecule has 8 heteroatoms. The van der Waals surface area contributed by atoms with Gasteiger partial charge in [-0.25, -0.2) is 0 Å². The van der Waals surface area contributed by atoms with Crippen LogP contribution < -0.4 is 19.5 Å². The van der Waals surface area contributed by atoms with Crippen molar-refractivity contribution in [3.05, 3.63) is 48.0 Å². The van der Waals surface area contributed by atoms with Gasteiger partial charge in [0.1, 0.15) is 5.75 Å². The number of hydrogen-bond acceptors (Lipinski definition) is 6. The van der Waals surface area contributed by atoms with Crippen molar-refractivity contribution in [1.29, 1.82) is 0 Å². The smallest absolute Gasteiger partial charge is 0.260 e. The molecule has 2 aliphatic rings. The molecular formula is C25H30N2O6. The molecule has 0 radical (unpaired) electrons. The van der Waals surface area contributed by atoms with Gasteiger partial charge in [-0.1, -0.05) is 6.07 Å². The Bertz CT molecular complexity index is 967. The second kappa shape index (κ2) is 11.0. The van der Waals surface area contributed by atoms with Crippen molar-refractivity contribution in [2.24, 2.45) is 0 Å². The van der Waals surface area contributed by atoms with Gasteiger partial charge in [0.25, 0.3) is 11.8 Å². The number of nitrogens with zero attached hydrogens (tertiary/aromatic N) is 1. The average Bonchev–Trinajstić information content (AvgIpc) is 3.36. The van der Waals surface area contributed by atoms with Crippen LogP contribution in [0.2, 0.25) is 0 Å². The van der Waals surface area contributed by atoms with Crippen LogP contribution in [-0.2, 0) is 9.53 Å². The Morgan fingerprint density at radius 3 is 2.61 bits per heavy atom. The lowest BCUT2D eigenvalue weighted by Crippen LogP contribution is -2.43. The number of benzene rings is 2. The number of carbonyl (C=O) groups is 2. The molecule has 2 aromatic rings. The first-order valence-electron chi connectivity index (χ1n) is 11.4. The summed E-state index contributed by atoms with van der Waals surface area (Å²) in [5.74, 6) is 1.16. The Kier molecular flexibility index (Phi) is 7.67. The van der Waals surface area contributed by atoms with Crippen molar-refractivity contribution in [3.63, 3.8) is 0 Å². The van der Waals surface area contributed by atoms with Crippen LogP contribution in [0.3, 0.4) is 0 Å². The number of carbonyl (C=O) groups excluding carboxylic acids is 2. The lowest BCUT2D eigenvalue weighted by atomic mass is 10.1. The van der Waals surface area contributed by atoms with E-state index in [2.05, 4.69) is 5.32 Å². The molecule has 33 heavy (non-hydrogen) atoms. The second-order valence-corrected chi connectivity index (χ2v) is 8.15. The standard InChI is InChI=1S/C25H30N2O6/c1-30-23-15-18(9-10-22(23)32-17-24(28)27-11-13-31-14-12-27)25(29)26-19-5-4-8-21(16-19)33-20-6-2-3-7-20/h4-5,8-10,15-16,20H,2-3,6-7,11-14,17H2,1H3,(H,26,29). The van der Waals surface area contributed by atoms with Gasteiger partial charge >= 0.3 is 0 Å². The zero-order chi connectivity index (χ0) is 23.0. The van der Waals surface area contributed by atoms with E-state index in [1.165, 1.54) is 20.0 Å². The predicted octanol–water partition coefficient (Wildman–Crippen LogP) is 3.51. The van der Waals surface area contributed by atoms with Crippen LogP contribution in [0.4, 0.5) is 5.69 Å². The van der Waals surface area contributed by atoms with Crippen LogP contribution in [0.25, 0.3) is 0 Å². The SMILES string of the molecule is COc1cc(C(=O)Nc2cccc(OC3CCCC3)c2)ccc1OCC(=O)N1CCOCC1. The van der Waals surface area contributed by atoms with E-state index < -0.39 is 0 Å². The van der Waals surface area contributed by atoms with E-state index in [0.29, 0.717) is 49.1 Å². The molecule has 0 aromatic heterocycles. The minimum absolute atomic E-state index is 0.101. The Balaban J connectivity index is 1.36. The van der Waals surface area contributed by atoms with Crippen molar-refractivity contribution in [2.45, 2.75) is 31.8 Å². The second-order valence-electron chi connectivity index (χ2n) is 8.15. The highest BCUT2D eigenvalue weighted by molar-refractivity contribution is 6.04. The van der Waals surface area contributed by atoms with E-state index in [1.54, 1.807) is 23.1 Å². The molecule has 8 nitrogen and oxygen atoms in total. The number of rotatable bonds is 8. The summed E-state index contributed by atoms with van der Waals surface area (Å²) in [6.45, 7) is 2.09. The Labute approximate surface area is 193 Å². The summed E-state index contributed by atoms with van der Waals surface area (Å²) in [6.07, 6.45) is 4.79. The Morgan fingerprint density at radius 1 is 1.06 bits per heavy atom.